The molecule has 0 saturated carbocycles. The fraction of sp³-hybridized carbons (Fsp3) is 0.688. The van der Waals surface area contributed by atoms with Gasteiger partial charge in [-0.15, -0.1) is 0 Å². The molecule has 0 aliphatic carbocycles. The summed E-state index contributed by atoms with van der Waals surface area (Å²) in [6, 6.07) is 4.29. The summed E-state index contributed by atoms with van der Waals surface area (Å²) in [5.41, 5.74) is 1.36. The summed E-state index contributed by atoms with van der Waals surface area (Å²) in [6.45, 7) is 9.40. The second-order valence-electron chi connectivity index (χ2n) is 6.57. The summed E-state index contributed by atoms with van der Waals surface area (Å²) in [6.07, 6.45) is 4.64. The molecule has 4 nitrogen and oxygen atoms in total. The highest BCUT2D eigenvalue weighted by atomic mass is 16.5. The third-order valence-corrected chi connectivity index (χ3v) is 3.67. The quantitative estimate of drug-likeness (QED) is 0.918. The Labute approximate surface area is 122 Å². The molecule has 20 heavy (non-hydrogen) atoms. The van der Waals surface area contributed by atoms with E-state index in [9.17, 15) is 0 Å². The molecule has 1 saturated heterocycles. The first kappa shape index (κ1) is 15.3. The molecular weight excluding hydrogens is 250 g/mol. The molecular formula is C16H27N3O. The molecule has 4 heteroatoms. The first-order valence-electron chi connectivity index (χ1n) is 7.45. The molecule has 1 aliphatic rings. The Kier molecular flexibility index (Phi) is 5.00. The minimum absolute atomic E-state index is 0.136. The van der Waals surface area contributed by atoms with Crippen LogP contribution in [0.25, 0.3) is 0 Å². The molecule has 0 aromatic carbocycles. The SMILES string of the molecule is COC1CCCN(c2ccc(CNC(C)(C)C)cn2)C1. The van der Waals surface area contributed by atoms with Crippen LogP contribution in [0.15, 0.2) is 18.3 Å². The van der Waals surface area contributed by atoms with Crippen molar-refractivity contribution in [2.75, 3.05) is 25.1 Å². The maximum atomic E-state index is 5.46. The Hall–Kier alpha value is -1.13. The van der Waals surface area contributed by atoms with Crippen molar-refractivity contribution in [3.63, 3.8) is 0 Å². The van der Waals surface area contributed by atoms with Crippen LogP contribution in [0, 0.1) is 0 Å². The molecule has 1 aromatic heterocycles. The van der Waals surface area contributed by atoms with Crippen molar-refractivity contribution in [3.8, 4) is 0 Å². The van der Waals surface area contributed by atoms with Crippen molar-refractivity contribution in [2.24, 2.45) is 0 Å². The summed E-state index contributed by atoms with van der Waals surface area (Å²) in [7, 11) is 1.79. The van der Waals surface area contributed by atoms with Gasteiger partial charge in [-0.25, -0.2) is 4.98 Å². The van der Waals surface area contributed by atoms with Crippen LogP contribution >= 0.6 is 0 Å². The molecule has 112 valence electrons. The smallest absolute Gasteiger partial charge is 0.128 e. The fourth-order valence-corrected chi connectivity index (χ4v) is 2.41. The molecule has 1 aliphatic heterocycles. The lowest BCUT2D eigenvalue weighted by molar-refractivity contribution is 0.0891. The highest BCUT2D eigenvalue weighted by Crippen LogP contribution is 2.19. The zero-order valence-electron chi connectivity index (χ0n) is 13.1. The summed E-state index contributed by atoms with van der Waals surface area (Å²) in [4.78, 5) is 6.92. The van der Waals surface area contributed by atoms with Gasteiger partial charge in [-0.3, -0.25) is 0 Å². The number of hydrogen-bond donors (Lipinski definition) is 1. The van der Waals surface area contributed by atoms with Gasteiger partial charge in [0.05, 0.1) is 6.10 Å². The molecule has 0 bridgehead atoms. The molecule has 2 heterocycles. The Balaban J connectivity index is 1.94. The number of methoxy groups -OCH3 is 1. The highest BCUT2D eigenvalue weighted by Gasteiger charge is 2.20. The summed E-state index contributed by atoms with van der Waals surface area (Å²) >= 11 is 0. The maximum Gasteiger partial charge on any atom is 0.128 e. The van der Waals surface area contributed by atoms with Crippen molar-refractivity contribution < 1.29 is 4.74 Å². The van der Waals surface area contributed by atoms with E-state index in [0.717, 1.165) is 31.9 Å². The third-order valence-electron chi connectivity index (χ3n) is 3.67. The van der Waals surface area contributed by atoms with E-state index in [-0.39, 0.29) is 5.54 Å². The number of nitrogens with one attached hydrogen (secondary N) is 1. The Bertz CT molecular complexity index is 411. The van der Waals surface area contributed by atoms with Crippen LogP contribution in [0.3, 0.4) is 0 Å². The molecule has 1 aromatic rings. The number of nitrogens with zero attached hydrogens (tertiary/aromatic N) is 2. The number of pyridine rings is 1. The van der Waals surface area contributed by atoms with Crippen LogP contribution in [-0.4, -0.2) is 36.8 Å². The first-order chi connectivity index (χ1) is 9.48. The number of piperidine rings is 1. The number of ether oxygens (including phenoxy) is 1. The molecule has 1 N–H and O–H groups in total. The predicted molar refractivity (Wildman–Crippen MR) is 83.1 cm³/mol. The van der Waals surface area contributed by atoms with Gasteiger partial charge in [-0.2, -0.15) is 0 Å². The number of aromatic nitrogens is 1. The van der Waals surface area contributed by atoms with E-state index in [4.69, 9.17) is 4.74 Å². The van der Waals surface area contributed by atoms with E-state index >= 15 is 0 Å². The second-order valence-corrected chi connectivity index (χ2v) is 6.57. The van der Waals surface area contributed by atoms with E-state index in [0.29, 0.717) is 6.10 Å². The van der Waals surface area contributed by atoms with Crippen molar-refractivity contribution in [1.29, 1.82) is 0 Å². The van der Waals surface area contributed by atoms with Crippen LogP contribution in [0.5, 0.6) is 0 Å². The lowest BCUT2D eigenvalue weighted by Gasteiger charge is -2.32. The normalized spacial score (nSPS) is 20.2. The summed E-state index contributed by atoms with van der Waals surface area (Å²) in [5, 5.41) is 3.48. The van der Waals surface area contributed by atoms with Crippen molar-refractivity contribution in [3.05, 3.63) is 23.9 Å². The molecule has 0 radical (unpaired) electrons. The molecule has 1 unspecified atom stereocenters. The van der Waals surface area contributed by atoms with Gasteiger partial charge in [0, 0.05) is 38.5 Å². The number of hydrogen-bond acceptors (Lipinski definition) is 4. The zero-order chi connectivity index (χ0) is 14.6. The van der Waals surface area contributed by atoms with Crippen LogP contribution < -0.4 is 10.2 Å². The third kappa shape index (κ3) is 4.46. The van der Waals surface area contributed by atoms with Crippen LogP contribution in [0.4, 0.5) is 5.82 Å². The molecule has 1 atom stereocenters. The van der Waals surface area contributed by atoms with Gasteiger partial charge in [-0.1, -0.05) is 6.07 Å². The van der Waals surface area contributed by atoms with E-state index < -0.39 is 0 Å². The molecule has 0 spiro atoms. The maximum absolute atomic E-state index is 5.46. The topological polar surface area (TPSA) is 37.4 Å². The molecule has 1 fully saturated rings. The van der Waals surface area contributed by atoms with Gasteiger partial charge in [-0.05, 0) is 45.2 Å². The lowest BCUT2D eigenvalue weighted by Crippen LogP contribution is -2.39. The Morgan fingerprint density at radius 3 is 2.80 bits per heavy atom. The van der Waals surface area contributed by atoms with E-state index in [1.165, 1.54) is 12.0 Å². The van der Waals surface area contributed by atoms with Gasteiger partial charge in [0.1, 0.15) is 5.82 Å². The van der Waals surface area contributed by atoms with Crippen molar-refractivity contribution in [2.45, 2.75) is 51.8 Å². The monoisotopic (exact) mass is 277 g/mol. The van der Waals surface area contributed by atoms with Gasteiger partial charge in [0.15, 0.2) is 0 Å². The fourth-order valence-electron chi connectivity index (χ4n) is 2.41. The molecule has 2 rings (SSSR count). The van der Waals surface area contributed by atoms with E-state index in [1.54, 1.807) is 7.11 Å². The second kappa shape index (κ2) is 6.55. The van der Waals surface area contributed by atoms with Crippen molar-refractivity contribution in [1.82, 2.24) is 10.3 Å². The van der Waals surface area contributed by atoms with Gasteiger partial charge < -0.3 is 15.0 Å². The average molecular weight is 277 g/mol. The van der Waals surface area contributed by atoms with Crippen LogP contribution in [-0.2, 0) is 11.3 Å². The van der Waals surface area contributed by atoms with Crippen molar-refractivity contribution >= 4 is 5.82 Å². The van der Waals surface area contributed by atoms with Gasteiger partial charge >= 0.3 is 0 Å². The predicted octanol–water partition coefficient (Wildman–Crippen LogP) is 2.58. The minimum Gasteiger partial charge on any atom is -0.380 e. The zero-order valence-corrected chi connectivity index (χ0v) is 13.1. The average Bonchev–Trinajstić information content (AvgIpc) is 2.45. The summed E-state index contributed by atoms with van der Waals surface area (Å²) < 4.78 is 5.46. The Morgan fingerprint density at radius 2 is 2.20 bits per heavy atom. The van der Waals surface area contributed by atoms with Gasteiger partial charge in [0.2, 0.25) is 0 Å². The minimum atomic E-state index is 0.136. The van der Waals surface area contributed by atoms with E-state index in [1.807, 2.05) is 6.20 Å². The van der Waals surface area contributed by atoms with Crippen LogP contribution in [0.1, 0.15) is 39.2 Å². The first-order valence-corrected chi connectivity index (χ1v) is 7.45. The lowest BCUT2D eigenvalue weighted by atomic mass is 10.1. The highest BCUT2D eigenvalue weighted by molar-refractivity contribution is 5.40. The standard InChI is InChI=1S/C16H27N3O/c1-16(2,3)18-11-13-7-8-15(17-10-13)19-9-5-6-14(12-19)20-4/h7-8,10,14,18H,5-6,9,11-12H2,1-4H3. The van der Waals surface area contributed by atoms with Crippen LogP contribution in [0.2, 0.25) is 0 Å². The van der Waals surface area contributed by atoms with Gasteiger partial charge in [0.25, 0.3) is 0 Å². The Morgan fingerprint density at radius 1 is 1.40 bits per heavy atom. The largest absolute Gasteiger partial charge is 0.380 e. The number of rotatable bonds is 4. The van der Waals surface area contributed by atoms with E-state index in [2.05, 4.69) is 48.1 Å². The summed E-state index contributed by atoms with van der Waals surface area (Å²) in [5.74, 6) is 1.06. The number of anilines is 1. The molecule has 0 amide bonds.